The average molecular weight is 491 g/mol. The quantitative estimate of drug-likeness (QED) is 0.428. The van der Waals surface area contributed by atoms with Crippen LogP contribution in [0.3, 0.4) is 0 Å². The van der Waals surface area contributed by atoms with Crippen molar-refractivity contribution < 1.29 is 9.53 Å². The van der Waals surface area contributed by atoms with Crippen molar-refractivity contribution in [1.82, 2.24) is 29.3 Å². The fraction of sp³-hybridized carbons (Fsp3) is 0.280. The van der Waals surface area contributed by atoms with Crippen LogP contribution >= 0.6 is 11.3 Å². The van der Waals surface area contributed by atoms with E-state index in [-0.39, 0.29) is 11.5 Å². The van der Waals surface area contributed by atoms with Gasteiger partial charge in [0.1, 0.15) is 22.1 Å². The number of thiazole rings is 1. The number of methoxy groups -OCH3 is 1. The number of hydrogen-bond acceptors (Lipinski definition) is 7. The summed E-state index contributed by atoms with van der Waals surface area (Å²) in [7, 11) is 1.48. The molecule has 10 heteroatoms. The second-order valence-electron chi connectivity index (χ2n) is 8.22. The van der Waals surface area contributed by atoms with Crippen molar-refractivity contribution in [2.75, 3.05) is 20.2 Å². The number of pyridine rings is 2. The lowest BCUT2D eigenvalue weighted by Gasteiger charge is -2.20. The molecule has 5 rings (SSSR count). The van der Waals surface area contributed by atoms with Gasteiger partial charge in [-0.15, -0.1) is 11.3 Å². The molecule has 0 spiro atoms. The molecule has 180 valence electrons. The maximum atomic E-state index is 13.2. The molecule has 4 aromatic heterocycles. The second-order valence-corrected chi connectivity index (χ2v) is 9.20. The fourth-order valence-corrected chi connectivity index (χ4v) is 4.99. The lowest BCUT2D eigenvalue weighted by Crippen LogP contribution is -2.31. The predicted molar refractivity (Wildman–Crippen MR) is 133 cm³/mol. The monoisotopic (exact) mass is 490 g/mol. The summed E-state index contributed by atoms with van der Waals surface area (Å²) >= 11 is 1.48. The highest BCUT2D eigenvalue weighted by Gasteiger charge is 2.25. The number of hydrogen-bond donors (Lipinski definition) is 1. The third-order valence-electron chi connectivity index (χ3n) is 6.13. The summed E-state index contributed by atoms with van der Waals surface area (Å²) in [5.74, 6) is 0.902. The van der Waals surface area contributed by atoms with Gasteiger partial charge in [0.2, 0.25) is 0 Å². The number of nitrogens with zero attached hydrogens (tertiary/aromatic N) is 5. The number of aromatic nitrogens is 4. The highest BCUT2D eigenvalue weighted by Crippen LogP contribution is 2.24. The summed E-state index contributed by atoms with van der Waals surface area (Å²) in [5.41, 5.74) is 2.07. The minimum atomic E-state index is -0.265. The Morgan fingerprint density at radius 3 is 2.83 bits per heavy atom. The van der Waals surface area contributed by atoms with Gasteiger partial charge >= 0.3 is 0 Å². The molecule has 0 fully saturated rings. The van der Waals surface area contributed by atoms with E-state index in [1.54, 1.807) is 17.0 Å². The van der Waals surface area contributed by atoms with Gasteiger partial charge in [-0.05, 0) is 24.3 Å². The number of rotatable bonds is 7. The number of ether oxygens (including phenoxy) is 1. The van der Waals surface area contributed by atoms with E-state index in [4.69, 9.17) is 4.74 Å². The van der Waals surface area contributed by atoms with Crippen molar-refractivity contribution in [2.45, 2.75) is 26.1 Å². The van der Waals surface area contributed by atoms with Gasteiger partial charge in [-0.1, -0.05) is 6.07 Å². The van der Waals surface area contributed by atoms with Gasteiger partial charge in [0.15, 0.2) is 0 Å². The molecule has 0 saturated carbocycles. The molecular formula is C25H26N6O3S. The van der Waals surface area contributed by atoms with Gasteiger partial charge in [-0.3, -0.25) is 14.5 Å². The van der Waals surface area contributed by atoms with Crippen LogP contribution in [-0.4, -0.2) is 50.1 Å². The lowest BCUT2D eigenvalue weighted by molar-refractivity contribution is 0.0945. The number of carbonyl (C=O) groups excluding carboxylic acids is 1. The number of nitrogens with one attached hydrogen (secondary N) is 1. The standard InChI is InChI=1S/C25H26N6O3S/c1-34-20-15-23(32)31-13-12-29(17-18-5-4-10-30(18)21-6-2-3-8-26-21)11-7-19(31)24(20)25(33)28-16-22-27-9-14-35-22/h2-6,8-10,14-15H,7,11-13,16-17H2,1H3,(H,28,33). The Hall–Kier alpha value is -3.76. The van der Waals surface area contributed by atoms with Crippen molar-refractivity contribution in [3.63, 3.8) is 0 Å². The van der Waals surface area contributed by atoms with E-state index in [2.05, 4.69) is 30.8 Å². The summed E-state index contributed by atoms with van der Waals surface area (Å²) in [6, 6.07) is 11.3. The molecule has 1 N–H and O–H groups in total. The summed E-state index contributed by atoms with van der Waals surface area (Å²) in [4.78, 5) is 37.1. The molecule has 1 aliphatic rings. The van der Waals surface area contributed by atoms with Crippen LogP contribution in [0.5, 0.6) is 5.75 Å². The van der Waals surface area contributed by atoms with Crippen LogP contribution < -0.4 is 15.6 Å². The summed E-state index contributed by atoms with van der Waals surface area (Å²) < 4.78 is 9.24. The first-order chi connectivity index (χ1) is 17.1. The molecule has 0 radical (unpaired) electrons. The Labute approximate surface area is 206 Å². The van der Waals surface area contributed by atoms with Crippen LogP contribution in [0.15, 0.2) is 65.2 Å². The Morgan fingerprint density at radius 2 is 2.06 bits per heavy atom. The molecule has 0 aliphatic carbocycles. The molecule has 1 amide bonds. The fourth-order valence-electron chi connectivity index (χ4n) is 4.44. The molecular weight excluding hydrogens is 464 g/mol. The average Bonchev–Trinajstić information content (AvgIpc) is 3.52. The molecule has 4 aromatic rings. The predicted octanol–water partition coefficient (Wildman–Crippen LogP) is 2.49. The Kier molecular flexibility index (Phi) is 6.73. The Balaban J connectivity index is 1.38. The lowest BCUT2D eigenvalue weighted by atomic mass is 10.1. The first-order valence-electron chi connectivity index (χ1n) is 11.4. The van der Waals surface area contributed by atoms with Gasteiger partial charge in [-0.2, -0.15) is 0 Å². The van der Waals surface area contributed by atoms with Crippen molar-refractivity contribution in [3.05, 3.63) is 92.7 Å². The molecule has 0 unspecified atom stereocenters. The Morgan fingerprint density at radius 1 is 1.14 bits per heavy atom. The summed E-state index contributed by atoms with van der Waals surface area (Å²) in [5, 5.41) is 5.62. The van der Waals surface area contributed by atoms with E-state index < -0.39 is 0 Å². The number of carbonyl (C=O) groups is 1. The Bertz CT molecular complexity index is 1360. The van der Waals surface area contributed by atoms with Gasteiger partial charge in [-0.25, -0.2) is 9.97 Å². The van der Waals surface area contributed by atoms with Crippen LogP contribution in [-0.2, 0) is 26.1 Å². The van der Waals surface area contributed by atoms with Crippen molar-refractivity contribution in [3.8, 4) is 11.6 Å². The van der Waals surface area contributed by atoms with Crippen LogP contribution in [0, 0.1) is 0 Å². The van der Waals surface area contributed by atoms with Gasteiger partial charge in [0.05, 0.1) is 13.7 Å². The van der Waals surface area contributed by atoms with Crippen LogP contribution in [0.4, 0.5) is 0 Å². The smallest absolute Gasteiger partial charge is 0.257 e. The molecule has 0 saturated heterocycles. The first-order valence-corrected chi connectivity index (χ1v) is 12.3. The third kappa shape index (κ3) is 4.89. The van der Waals surface area contributed by atoms with E-state index in [9.17, 15) is 9.59 Å². The van der Waals surface area contributed by atoms with Crippen molar-refractivity contribution in [1.29, 1.82) is 0 Å². The van der Waals surface area contributed by atoms with E-state index in [1.165, 1.54) is 24.5 Å². The molecule has 35 heavy (non-hydrogen) atoms. The zero-order valence-corrected chi connectivity index (χ0v) is 20.2. The van der Waals surface area contributed by atoms with Gasteiger partial charge in [0, 0.05) is 74.0 Å². The van der Waals surface area contributed by atoms with Gasteiger partial charge < -0.3 is 19.2 Å². The third-order valence-corrected chi connectivity index (χ3v) is 6.91. The van der Waals surface area contributed by atoms with Crippen LogP contribution in [0.25, 0.3) is 5.82 Å². The first kappa shape index (κ1) is 23.0. The van der Waals surface area contributed by atoms with Crippen molar-refractivity contribution >= 4 is 17.2 Å². The van der Waals surface area contributed by atoms with E-state index in [0.29, 0.717) is 56.2 Å². The molecule has 1 aliphatic heterocycles. The molecule has 9 nitrogen and oxygen atoms in total. The summed E-state index contributed by atoms with van der Waals surface area (Å²) in [6.45, 7) is 2.92. The van der Waals surface area contributed by atoms with E-state index in [0.717, 1.165) is 16.5 Å². The topological polar surface area (TPSA) is 94.3 Å². The van der Waals surface area contributed by atoms with E-state index in [1.807, 2.05) is 35.8 Å². The molecule has 0 aromatic carbocycles. The minimum absolute atomic E-state index is 0.160. The van der Waals surface area contributed by atoms with Crippen LogP contribution in [0.1, 0.15) is 26.8 Å². The number of amides is 1. The van der Waals surface area contributed by atoms with Crippen molar-refractivity contribution in [2.24, 2.45) is 0 Å². The molecule has 5 heterocycles. The summed E-state index contributed by atoms with van der Waals surface area (Å²) in [6.07, 6.45) is 6.05. The maximum Gasteiger partial charge on any atom is 0.257 e. The maximum absolute atomic E-state index is 13.2. The molecule has 0 atom stereocenters. The van der Waals surface area contributed by atoms with E-state index >= 15 is 0 Å². The zero-order valence-electron chi connectivity index (χ0n) is 19.4. The SMILES string of the molecule is COc1cc(=O)n2c(c1C(=O)NCc1nccs1)CCN(Cc1cccn1-c1ccccn1)CC2. The second kappa shape index (κ2) is 10.2. The largest absolute Gasteiger partial charge is 0.496 e. The highest BCUT2D eigenvalue weighted by molar-refractivity contribution is 7.09. The highest BCUT2D eigenvalue weighted by atomic mass is 32.1. The molecule has 0 bridgehead atoms. The minimum Gasteiger partial charge on any atom is -0.496 e. The number of fused-ring (bicyclic) bond motifs is 1. The van der Waals surface area contributed by atoms with Crippen LogP contribution in [0.2, 0.25) is 0 Å². The van der Waals surface area contributed by atoms with Gasteiger partial charge in [0.25, 0.3) is 11.5 Å². The normalized spacial score (nSPS) is 13.7. The zero-order chi connectivity index (χ0) is 24.2.